The summed E-state index contributed by atoms with van der Waals surface area (Å²) in [5.41, 5.74) is 1.80. The molecule has 0 radical (unpaired) electrons. The Kier molecular flexibility index (Phi) is 2.77. The van der Waals surface area contributed by atoms with E-state index in [9.17, 15) is 0 Å². The molecule has 1 aliphatic rings. The van der Waals surface area contributed by atoms with E-state index in [1.54, 1.807) is 18.0 Å². The van der Waals surface area contributed by atoms with Crippen molar-refractivity contribution in [1.82, 2.24) is 10.2 Å². The minimum absolute atomic E-state index is 0.274. The van der Waals surface area contributed by atoms with Crippen LogP contribution in [0.15, 0.2) is 21.3 Å². The first-order valence-corrected chi connectivity index (χ1v) is 6.15. The summed E-state index contributed by atoms with van der Waals surface area (Å²) in [6, 6.07) is 0. The lowest BCUT2D eigenvalue weighted by Gasteiger charge is -2.23. The van der Waals surface area contributed by atoms with Gasteiger partial charge in [-0.1, -0.05) is 34.8 Å². The van der Waals surface area contributed by atoms with Crippen molar-refractivity contribution in [3.05, 3.63) is 11.9 Å². The van der Waals surface area contributed by atoms with Crippen LogP contribution in [0.25, 0.3) is 0 Å². The monoisotopic (exact) mass is 240 g/mol. The van der Waals surface area contributed by atoms with Gasteiger partial charge in [0.2, 0.25) is 0 Å². The van der Waals surface area contributed by atoms with Crippen LogP contribution in [0.4, 0.5) is 5.69 Å². The van der Waals surface area contributed by atoms with Gasteiger partial charge in [-0.3, -0.25) is 0 Å². The van der Waals surface area contributed by atoms with Crippen molar-refractivity contribution >= 4 is 26.7 Å². The molecule has 2 rings (SSSR count). The first-order valence-electron chi connectivity index (χ1n) is 4.76. The number of aromatic nitrogens is 2. The quantitative estimate of drug-likeness (QED) is 0.707. The second-order valence-corrected chi connectivity index (χ2v) is 6.97. The average molecular weight is 240 g/mol. The Labute approximate surface area is 95.6 Å². The minimum atomic E-state index is -0.274. The smallest absolute Gasteiger partial charge is 0.141 e. The van der Waals surface area contributed by atoms with E-state index in [4.69, 9.17) is 0 Å². The van der Waals surface area contributed by atoms with Crippen LogP contribution in [-0.4, -0.2) is 14.8 Å². The number of nitrogens with zero attached hydrogens (tertiary/aromatic N) is 4. The van der Waals surface area contributed by atoms with Gasteiger partial charge in [0.1, 0.15) is 10.3 Å². The Morgan fingerprint density at radius 1 is 1.47 bits per heavy atom. The van der Waals surface area contributed by atoms with Crippen LogP contribution in [0.2, 0.25) is 0 Å². The highest BCUT2D eigenvalue weighted by Gasteiger charge is 2.27. The fraction of sp³-hybridized carbons (Fsp3) is 0.556. The maximum atomic E-state index is 4.25. The van der Waals surface area contributed by atoms with Crippen molar-refractivity contribution in [2.45, 2.75) is 36.2 Å². The number of rotatable bonds is 1. The molecule has 0 spiro atoms. The molecule has 2 heterocycles. The molecule has 1 aromatic rings. The maximum Gasteiger partial charge on any atom is 0.141 e. The van der Waals surface area contributed by atoms with Crippen molar-refractivity contribution < 1.29 is 0 Å². The van der Waals surface area contributed by atoms with E-state index in [1.165, 1.54) is 0 Å². The molecule has 15 heavy (non-hydrogen) atoms. The van der Waals surface area contributed by atoms with E-state index in [-0.39, 0.29) is 4.61 Å². The largest absolute Gasteiger partial charge is 0.167 e. The third-order valence-electron chi connectivity index (χ3n) is 2.03. The lowest BCUT2D eigenvalue weighted by atomic mass is 10.1. The molecule has 0 saturated heterocycles. The van der Waals surface area contributed by atoms with Gasteiger partial charge in [0.15, 0.2) is 0 Å². The van der Waals surface area contributed by atoms with Gasteiger partial charge in [0.25, 0.3) is 0 Å². The zero-order chi connectivity index (χ0) is 11.1. The van der Waals surface area contributed by atoms with E-state index in [0.717, 1.165) is 16.3 Å². The van der Waals surface area contributed by atoms with Crippen molar-refractivity contribution in [2.75, 3.05) is 0 Å². The Bertz CT molecular complexity index is 417. The van der Waals surface area contributed by atoms with Gasteiger partial charge >= 0.3 is 0 Å². The molecule has 0 aliphatic carbocycles. The van der Waals surface area contributed by atoms with Gasteiger partial charge in [-0.2, -0.15) is 20.4 Å². The molecule has 0 amide bonds. The number of hydrogen-bond acceptors (Lipinski definition) is 5. The van der Waals surface area contributed by atoms with Gasteiger partial charge in [-0.15, -0.1) is 0 Å². The SMILES string of the molecule is CC(C)c1nncc2c1N=NC(C)(P)S2. The van der Waals surface area contributed by atoms with Gasteiger partial charge < -0.3 is 0 Å². The average Bonchev–Trinajstić information content (AvgIpc) is 2.14. The number of hydrogen-bond donors (Lipinski definition) is 0. The van der Waals surface area contributed by atoms with Crippen molar-refractivity contribution in [1.29, 1.82) is 0 Å². The minimum Gasteiger partial charge on any atom is -0.167 e. The summed E-state index contributed by atoms with van der Waals surface area (Å²) >= 11 is 1.65. The summed E-state index contributed by atoms with van der Waals surface area (Å²) < 4.78 is -0.274. The molecule has 0 bridgehead atoms. The fourth-order valence-electron chi connectivity index (χ4n) is 1.33. The summed E-state index contributed by atoms with van der Waals surface area (Å²) in [4.78, 5) is 1.06. The summed E-state index contributed by atoms with van der Waals surface area (Å²) in [6.45, 7) is 6.17. The van der Waals surface area contributed by atoms with E-state index >= 15 is 0 Å². The molecule has 1 aliphatic heterocycles. The molecule has 2 atom stereocenters. The van der Waals surface area contributed by atoms with Crippen LogP contribution < -0.4 is 0 Å². The summed E-state index contributed by atoms with van der Waals surface area (Å²) in [5, 5.41) is 16.6. The predicted octanol–water partition coefficient (Wildman–Crippen LogP) is 3.34. The number of thioether (sulfide) groups is 1. The van der Waals surface area contributed by atoms with E-state index in [2.05, 4.69) is 43.5 Å². The zero-order valence-electron chi connectivity index (χ0n) is 8.93. The first-order chi connectivity index (χ1) is 6.99. The molecule has 80 valence electrons. The van der Waals surface area contributed by atoms with Crippen LogP contribution in [0.3, 0.4) is 0 Å². The third-order valence-corrected chi connectivity index (χ3v) is 3.51. The Balaban J connectivity index is 2.51. The van der Waals surface area contributed by atoms with Gasteiger partial charge in [0.05, 0.1) is 16.8 Å². The van der Waals surface area contributed by atoms with Gasteiger partial charge in [-0.05, 0) is 12.8 Å². The molecule has 0 saturated carbocycles. The van der Waals surface area contributed by atoms with Gasteiger partial charge in [0, 0.05) is 0 Å². The molecular weight excluding hydrogens is 227 g/mol. The Morgan fingerprint density at radius 3 is 2.87 bits per heavy atom. The van der Waals surface area contributed by atoms with E-state index < -0.39 is 0 Å². The van der Waals surface area contributed by atoms with E-state index in [0.29, 0.717) is 5.92 Å². The highest BCUT2D eigenvalue weighted by atomic mass is 32.2. The second-order valence-electron chi connectivity index (χ2n) is 3.95. The highest BCUT2D eigenvalue weighted by Crippen LogP contribution is 2.48. The van der Waals surface area contributed by atoms with E-state index in [1.807, 2.05) is 6.92 Å². The van der Waals surface area contributed by atoms with Crippen molar-refractivity contribution in [3.8, 4) is 0 Å². The van der Waals surface area contributed by atoms with Gasteiger partial charge in [-0.25, -0.2) is 0 Å². The van der Waals surface area contributed by atoms with Crippen molar-refractivity contribution in [3.63, 3.8) is 0 Å². The number of fused-ring (bicyclic) bond motifs is 1. The molecule has 0 fully saturated rings. The normalized spacial score (nSPS) is 24.3. The van der Waals surface area contributed by atoms with Crippen LogP contribution in [0, 0.1) is 0 Å². The molecule has 1 aromatic heterocycles. The lowest BCUT2D eigenvalue weighted by molar-refractivity contribution is 0.757. The maximum absolute atomic E-state index is 4.25. The summed E-state index contributed by atoms with van der Waals surface area (Å²) in [5.74, 6) is 0.320. The standard InChI is InChI=1S/C9H13N4PS/c1-5(2)7-8-6(4-10-11-7)15-9(3,14)13-12-8/h4-5H,14H2,1-3H3. The summed E-state index contributed by atoms with van der Waals surface area (Å²) in [7, 11) is 2.68. The zero-order valence-corrected chi connectivity index (χ0v) is 10.9. The molecule has 4 nitrogen and oxygen atoms in total. The predicted molar refractivity (Wildman–Crippen MR) is 64.6 cm³/mol. The second kappa shape index (κ2) is 3.80. The molecule has 0 aromatic carbocycles. The molecule has 0 N–H and O–H groups in total. The molecular formula is C9H13N4PS. The Morgan fingerprint density at radius 2 is 2.20 bits per heavy atom. The van der Waals surface area contributed by atoms with Crippen LogP contribution >= 0.6 is 21.0 Å². The lowest BCUT2D eigenvalue weighted by Crippen LogP contribution is -2.09. The van der Waals surface area contributed by atoms with Crippen LogP contribution in [0.1, 0.15) is 32.4 Å². The highest BCUT2D eigenvalue weighted by molar-refractivity contribution is 8.04. The van der Waals surface area contributed by atoms with Crippen LogP contribution in [0.5, 0.6) is 0 Å². The molecule has 2 unspecified atom stereocenters. The number of azo groups is 1. The summed E-state index contributed by atoms with van der Waals surface area (Å²) in [6.07, 6.45) is 1.76. The molecule has 6 heteroatoms. The third kappa shape index (κ3) is 2.18. The Hall–Kier alpha value is -0.540. The fourth-order valence-corrected chi connectivity index (χ4v) is 2.64. The van der Waals surface area contributed by atoms with Crippen molar-refractivity contribution in [2.24, 2.45) is 10.2 Å². The topological polar surface area (TPSA) is 50.5 Å². The first kappa shape index (κ1) is 11.0. The van der Waals surface area contributed by atoms with Crippen LogP contribution in [-0.2, 0) is 0 Å².